The molecule has 0 aliphatic carbocycles. The summed E-state index contributed by atoms with van der Waals surface area (Å²) in [6, 6.07) is 24.0. The van der Waals surface area contributed by atoms with Gasteiger partial charge in [-0.25, -0.2) is 14.6 Å². The van der Waals surface area contributed by atoms with Crippen LogP contribution in [0, 0.1) is 0 Å². The minimum Gasteiger partial charge on any atom is -0.340 e. The van der Waals surface area contributed by atoms with E-state index in [-0.39, 0.29) is 0 Å². The fourth-order valence-corrected chi connectivity index (χ4v) is 3.14. The second-order valence-electron chi connectivity index (χ2n) is 6.32. The lowest BCUT2D eigenvalue weighted by Crippen LogP contribution is -1.99. The van der Waals surface area contributed by atoms with Gasteiger partial charge in [-0.1, -0.05) is 47.7 Å². The average Bonchev–Trinajstić information content (AvgIpc) is 3.09. The van der Waals surface area contributed by atoms with Gasteiger partial charge in [0.15, 0.2) is 5.82 Å². The van der Waals surface area contributed by atoms with Gasteiger partial charge in [-0.2, -0.15) is 0 Å². The van der Waals surface area contributed by atoms with Crippen molar-refractivity contribution in [2.24, 2.45) is 7.05 Å². The van der Waals surface area contributed by atoms with Crippen molar-refractivity contribution >= 4 is 33.4 Å². The molecule has 0 fully saturated rings. The second kappa shape index (κ2) is 6.17. The van der Waals surface area contributed by atoms with Crippen LogP contribution in [0.4, 0.5) is 11.5 Å². The van der Waals surface area contributed by atoms with Crippen LogP contribution in [0.15, 0.2) is 72.8 Å². The van der Waals surface area contributed by atoms with Gasteiger partial charge in [0.1, 0.15) is 11.3 Å². The maximum Gasteiger partial charge on any atom is 0.162 e. The topological polar surface area (TPSA) is 68.5 Å². The van der Waals surface area contributed by atoms with Crippen LogP contribution < -0.4 is 5.32 Å². The second-order valence-corrected chi connectivity index (χ2v) is 6.32. The summed E-state index contributed by atoms with van der Waals surface area (Å²) in [5.74, 6) is 1.46. The fourth-order valence-electron chi connectivity index (χ4n) is 3.14. The third-order valence-electron chi connectivity index (χ3n) is 4.51. The monoisotopic (exact) mass is 352 g/mol. The molecule has 130 valence electrons. The first-order valence-corrected chi connectivity index (χ1v) is 8.66. The minimum absolute atomic E-state index is 0.692. The first-order valence-electron chi connectivity index (χ1n) is 8.66. The zero-order valence-electron chi connectivity index (χ0n) is 14.7. The zero-order valence-corrected chi connectivity index (χ0v) is 14.7. The normalized spacial score (nSPS) is 11.1. The highest BCUT2D eigenvalue weighted by Crippen LogP contribution is 2.28. The van der Waals surface area contributed by atoms with Crippen LogP contribution in [0.25, 0.3) is 33.3 Å². The number of anilines is 2. The van der Waals surface area contributed by atoms with Gasteiger partial charge in [0, 0.05) is 23.7 Å². The number of para-hydroxylation sites is 1. The van der Waals surface area contributed by atoms with Crippen molar-refractivity contribution in [3.05, 3.63) is 72.8 Å². The van der Waals surface area contributed by atoms with Gasteiger partial charge in [0.2, 0.25) is 0 Å². The van der Waals surface area contributed by atoms with E-state index in [2.05, 4.69) is 15.6 Å². The van der Waals surface area contributed by atoms with Crippen molar-refractivity contribution in [3.63, 3.8) is 0 Å². The molecule has 0 aliphatic heterocycles. The van der Waals surface area contributed by atoms with Gasteiger partial charge in [0.25, 0.3) is 0 Å². The average molecular weight is 352 g/mol. The van der Waals surface area contributed by atoms with Crippen LogP contribution in [0.1, 0.15) is 0 Å². The number of hydrogen-bond donors (Lipinski definition) is 1. The fraction of sp³-hybridized carbons (Fsp3) is 0.0476. The van der Waals surface area contributed by atoms with E-state index in [0.717, 1.165) is 39.0 Å². The molecule has 0 bridgehead atoms. The third kappa shape index (κ3) is 2.77. The number of aryl methyl sites for hydroxylation is 1. The van der Waals surface area contributed by atoms with E-state index in [9.17, 15) is 0 Å². The van der Waals surface area contributed by atoms with Crippen LogP contribution >= 0.6 is 0 Å². The summed E-state index contributed by atoms with van der Waals surface area (Å²) < 4.78 is 1.76. The summed E-state index contributed by atoms with van der Waals surface area (Å²) in [5, 5.41) is 12.6. The SMILES string of the molecule is Cn1nnc2cc(Nc3nc(-c4ccccc4)nc4ccccc34)ccc21. The molecule has 2 aromatic heterocycles. The van der Waals surface area contributed by atoms with Crippen molar-refractivity contribution in [2.75, 3.05) is 5.32 Å². The Hall–Kier alpha value is -3.80. The van der Waals surface area contributed by atoms with Crippen LogP contribution in [0.5, 0.6) is 0 Å². The number of nitrogens with zero attached hydrogens (tertiary/aromatic N) is 5. The van der Waals surface area contributed by atoms with Gasteiger partial charge in [-0.3, -0.25) is 0 Å². The molecule has 0 unspecified atom stereocenters. The Morgan fingerprint density at radius 2 is 1.63 bits per heavy atom. The molecular formula is C21H16N6. The third-order valence-corrected chi connectivity index (χ3v) is 4.51. The molecule has 5 aromatic rings. The van der Waals surface area contributed by atoms with Crippen LogP contribution in [0.3, 0.4) is 0 Å². The van der Waals surface area contributed by atoms with Crippen molar-refractivity contribution in [2.45, 2.75) is 0 Å². The van der Waals surface area contributed by atoms with Gasteiger partial charge in [-0.15, -0.1) is 5.10 Å². The molecule has 6 heteroatoms. The molecule has 0 atom stereocenters. The molecule has 0 saturated carbocycles. The first-order chi connectivity index (χ1) is 13.3. The largest absolute Gasteiger partial charge is 0.340 e. The van der Waals surface area contributed by atoms with Gasteiger partial charge in [-0.05, 0) is 30.3 Å². The van der Waals surface area contributed by atoms with E-state index < -0.39 is 0 Å². The molecule has 0 spiro atoms. The molecule has 0 radical (unpaired) electrons. The smallest absolute Gasteiger partial charge is 0.162 e. The summed E-state index contributed by atoms with van der Waals surface area (Å²) in [7, 11) is 1.88. The summed E-state index contributed by atoms with van der Waals surface area (Å²) in [6.07, 6.45) is 0. The predicted octanol–water partition coefficient (Wildman–Crippen LogP) is 4.32. The molecular weight excluding hydrogens is 336 g/mol. The van der Waals surface area contributed by atoms with E-state index in [0.29, 0.717) is 5.82 Å². The molecule has 6 nitrogen and oxygen atoms in total. The number of benzene rings is 3. The van der Waals surface area contributed by atoms with Crippen molar-refractivity contribution in [1.29, 1.82) is 0 Å². The van der Waals surface area contributed by atoms with E-state index in [1.165, 1.54) is 0 Å². The van der Waals surface area contributed by atoms with Crippen LogP contribution in [-0.2, 0) is 7.05 Å². The lowest BCUT2D eigenvalue weighted by molar-refractivity contribution is 0.736. The Labute approximate surface area is 155 Å². The minimum atomic E-state index is 0.692. The molecule has 27 heavy (non-hydrogen) atoms. The Balaban J connectivity index is 1.64. The molecule has 1 N–H and O–H groups in total. The standard InChI is InChI=1S/C21H16N6/c1-27-19-12-11-15(13-18(19)25-26-27)22-21-16-9-5-6-10-17(16)23-20(24-21)14-7-3-2-4-8-14/h2-13H,1H3,(H,22,23,24). The predicted molar refractivity (Wildman–Crippen MR) is 107 cm³/mol. The highest BCUT2D eigenvalue weighted by molar-refractivity contribution is 5.93. The Bertz CT molecular complexity index is 1260. The van der Waals surface area contributed by atoms with Crippen molar-refractivity contribution < 1.29 is 0 Å². The number of hydrogen-bond acceptors (Lipinski definition) is 5. The van der Waals surface area contributed by atoms with E-state index in [4.69, 9.17) is 9.97 Å². The Morgan fingerprint density at radius 3 is 2.52 bits per heavy atom. The maximum atomic E-state index is 4.79. The lowest BCUT2D eigenvalue weighted by Gasteiger charge is -2.11. The number of nitrogens with one attached hydrogen (secondary N) is 1. The van der Waals surface area contributed by atoms with Gasteiger partial charge < -0.3 is 5.32 Å². The summed E-state index contributed by atoms with van der Waals surface area (Å²) >= 11 is 0. The van der Waals surface area contributed by atoms with E-state index in [1.54, 1.807) is 4.68 Å². The van der Waals surface area contributed by atoms with Crippen LogP contribution in [0.2, 0.25) is 0 Å². The van der Waals surface area contributed by atoms with Gasteiger partial charge >= 0.3 is 0 Å². The Kier molecular flexibility index (Phi) is 3.53. The molecule has 3 aromatic carbocycles. The summed E-state index contributed by atoms with van der Waals surface area (Å²) in [4.78, 5) is 9.51. The Morgan fingerprint density at radius 1 is 0.815 bits per heavy atom. The molecule has 0 aliphatic rings. The molecule has 5 rings (SSSR count). The highest BCUT2D eigenvalue weighted by Gasteiger charge is 2.10. The highest BCUT2D eigenvalue weighted by atomic mass is 15.4. The van der Waals surface area contributed by atoms with Crippen molar-refractivity contribution in [1.82, 2.24) is 25.0 Å². The summed E-state index contributed by atoms with van der Waals surface area (Å²) in [6.45, 7) is 0. The molecule has 0 amide bonds. The molecule has 2 heterocycles. The van der Waals surface area contributed by atoms with E-state index >= 15 is 0 Å². The van der Waals surface area contributed by atoms with E-state index in [1.807, 2.05) is 79.8 Å². The first kappa shape index (κ1) is 15.5. The number of aromatic nitrogens is 5. The molecule has 0 saturated heterocycles. The zero-order chi connectivity index (χ0) is 18.2. The van der Waals surface area contributed by atoms with Crippen molar-refractivity contribution in [3.8, 4) is 11.4 Å². The maximum absolute atomic E-state index is 4.79. The number of rotatable bonds is 3. The number of fused-ring (bicyclic) bond motifs is 2. The quantitative estimate of drug-likeness (QED) is 0.524. The van der Waals surface area contributed by atoms with Crippen LogP contribution in [-0.4, -0.2) is 25.0 Å². The summed E-state index contributed by atoms with van der Waals surface area (Å²) in [5.41, 5.74) is 4.61. The van der Waals surface area contributed by atoms with Gasteiger partial charge in [0.05, 0.1) is 11.0 Å². The lowest BCUT2D eigenvalue weighted by atomic mass is 10.2.